The molecule has 0 N–H and O–H groups in total. The number of piperazine rings is 1. The van der Waals surface area contributed by atoms with Gasteiger partial charge >= 0.3 is 0 Å². The van der Waals surface area contributed by atoms with E-state index in [0.717, 1.165) is 25.7 Å². The van der Waals surface area contributed by atoms with Crippen LogP contribution in [0.25, 0.3) is 0 Å². The molecule has 1 aromatic rings. The third-order valence-corrected chi connectivity index (χ3v) is 6.45. The number of halogens is 1. The number of carbonyl (C=O) groups is 2. The maximum atomic E-state index is 13.8. The molecule has 0 radical (unpaired) electrons. The minimum Gasteiger partial charge on any atom is -0.384 e. The predicted molar refractivity (Wildman–Crippen MR) is 104 cm³/mol. The molecule has 5 nitrogen and oxygen atoms in total. The summed E-state index contributed by atoms with van der Waals surface area (Å²) in [7, 11) is 1.64. The average Bonchev–Trinajstić information content (AvgIpc) is 3.51. The number of benzene rings is 1. The molecule has 28 heavy (non-hydrogen) atoms. The van der Waals surface area contributed by atoms with Crippen molar-refractivity contribution in [2.45, 2.75) is 38.1 Å². The quantitative estimate of drug-likeness (QED) is 0.779. The molecule has 2 amide bonds. The van der Waals surface area contributed by atoms with E-state index >= 15 is 0 Å². The Bertz CT molecular complexity index is 753. The highest BCUT2D eigenvalue weighted by atomic mass is 19.1. The van der Waals surface area contributed by atoms with Gasteiger partial charge in [-0.3, -0.25) is 9.59 Å². The van der Waals surface area contributed by atoms with Crippen LogP contribution in [0.5, 0.6) is 0 Å². The Morgan fingerprint density at radius 1 is 1.18 bits per heavy atom. The van der Waals surface area contributed by atoms with Crippen molar-refractivity contribution in [1.82, 2.24) is 9.80 Å². The van der Waals surface area contributed by atoms with Crippen LogP contribution in [-0.4, -0.2) is 67.7 Å². The molecule has 2 aliphatic carbocycles. The van der Waals surface area contributed by atoms with Crippen LogP contribution in [0.2, 0.25) is 0 Å². The van der Waals surface area contributed by atoms with E-state index in [-0.39, 0.29) is 30.2 Å². The second kappa shape index (κ2) is 8.19. The number of aryl methyl sites for hydroxylation is 2. The first kappa shape index (κ1) is 19.4. The van der Waals surface area contributed by atoms with Gasteiger partial charge in [0, 0.05) is 44.8 Å². The summed E-state index contributed by atoms with van der Waals surface area (Å²) in [6.07, 6.45) is 5.29. The Hall–Kier alpha value is -1.95. The molecule has 6 heteroatoms. The van der Waals surface area contributed by atoms with Crippen molar-refractivity contribution in [2.24, 2.45) is 11.8 Å². The topological polar surface area (TPSA) is 49.9 Å². The van der Waals surface area contributed by atoms with Crippen LogP contribution in [0.3, 0.4) is 0 Å². The van der Waals surface area contributed by atoms with Crippen molar-refractivity contribution < 1.29 is 18.7 Å². The van der Waals surface area contributed by atoms with E-state index in [1.807, 2.05) is 12.1 Å². The normalized spacial score (nSPS) is 26.7. The number of hydrogen-bond donors (Lipinski definition) is 0. The highest BCUT2D eigenvalue weighted by molar-refractivity contribution is 5.95. The SMILES string of the molecule is COC[C@H]1C[C@@H]1C(=O)N1CCN(C(=O)c2ccc3c(c2)CCCC3)C(CF)C1. The summed E-state index contributed by atoms with van der Waals surface area (Å²) in [5, 5.41) is 0. The average molecular weight is 388 g/mol. The van der Waals surface area contributed by atoms with Gasteiger partial charge in [0.25, 0.3) is 5.91 Å². The predicted octanol–water partition coefficient (Wildman–Crippen LogP) is 2.47. The summed E-state index contributed by atoms with van der Waals surface area (Å²) in [6, 6.07) is 5.35. The van der Waals surface area contributed by atoms with Gasteiger partial charge in [-0.15, -0.1) is 0 Å². The van der Waals surface area contributed by atoms with Crippen molar-refractivity contribution in [1.29, 1.82) is 0 Å². The molecule has 3 aliphatic rings. The molecule has 0 spiro atoms. The molecule has 0 aromatic heterocycles. The van der Waals surface area contributed by atoms with Crippen LogP contribution in [0, 0.1) is 11.8 Å². The Kier molecular flexibility index (Phi) is 5.67. The van der Waals surface area contributed by atoms with Crippen molar-refractivity contribution in [2.75, 3.05) is 40.0 Å². The number of nitrogens with zero attached hydrogens (tertiary/aromatic N) is 2. The highest BCUT2D eigenvalue weighted by Gasteiger charge is 2.46. The number of alkyl halides is 1. The second-order valence-electron chi connectivity index (χ2n) is 8.34. The molecule has 1 saturated carbocycles. The second-order valence-corrected chi connectivity index (χ2v) is 8.34. The van der Waals surface area contributed by atoms with Gasteiger partial charge in [-0.1, -0.05) is 6.07 Å². The Morgan fingerprint density at radius 3 is 2.71 bits per heavy atom. The first-order valence-corrected chi connectivity index (χ1v) is 10.4. The van der Waals surface area contributed by atoms with Crippen molar-refractivity contribution >= 4 is 11.8 Å². The lowest BCUT2D eigenvalue weighted by Crippen LogP contribution is -2.57. The van der Waals surface area contributed by atoms with Gasteiger partial charge in [-0.2, -0.15) is 0 Å². The first-order chi connectivity index (χ1) is 13.6. The monoisotopic (exact) mass is 388 g/mol. The third kappa shape index (κ3) is 3.79. The zero-order chi connectivity index (χ0) is 19.7. The van der Waals surface area contributed by atoms with Crippen LogP contribution < -0.4 is 0 Å². The molecule has 3 atom stereocenters. The van der Waals surface area contributed by atoms with Gasteiger partial charge in [0.05, 0.1) is 6.04 Å². The molecular weight excluding hydrogens is 359 g/mol. The van der Waals surface area contributed by atoms with E-state index < -0.39 is 12.7 Å². The fourth-order valence-electron chi connectivity index (χ4n) is 4.67. The van der Waals surface area contributed by atoms with E-state index in [1.54, 1.807) is 16.9 Å². The molecule has 1 aromatic carbocycles. The first-order valence-electron chi connectivity index (χ1n) is 10.4. The fourth-order valence-corrected chi connectivity index (χ4v) is 4.67. The summed E-state index contributed by atoms with van der Waals surface area (Å²) in [6.45, 7) is 1.11. The van der Waals surface area contributed by atoms with Gasteiger partial charge in [0.15, 0.2) is 0 Å². The van der Waals surface area contributed by atoms with Crippen molar-refractivity contribution in [3.8, 4) is 0 Å². The Labute approximate surface area is 165 Å². The smallest absolute Gasteiger partial charge is 0.254 e. The van der Waals surface area contributed by atoms with Crippen LogP contribution in [0.15, 0.2) is 18.2 Å². The molecule has 1 unspecified atom stereocenters. The van der Waals surface area contributed by atoms with E-state index in [2.05, 4.69) is 6.07 Å². The largest absolute Gasteiger partial charge is 0.384 e. The van der Waals surface area contributed by atoms with E-state index in [0.29, 0.717) is 25.3 Å². The Morgan fingerprint density at radius 2 is 1.96 bits per heavy atom. The van der Waals surface area contributed by atoms with Crippen molar-refractivity contribution in [3.05, 3.63) is 34.9 Å². The number of methoxy groups -OCH3 is 1. The van der Waals surface area contributed by atoms with Gasteiger partial charge in [0.2, 0.25) is 5.91 Å². The molecule has 4 rings (SSSR count). The van der Waals surface area contributed by atoms with E-state index in [1.165, 1.54) is 17.5 Å². The molecule has 1 heterocycles. The Balaban J connectivity index is 1.42. The zero-order valence-electron chi connectivity index (χ0n) is 16.5. The standard InChI is InChI=1S/C22H29FN2O3/c1-28-14-18-11-20(18)22(27)24-8-9-25(19(12-23)13-24)21(26)17-7-6-15-4-2-3-5-16(15)10-17/h6-7,10,18-20H,2-5,8-9,11-14H2,1H3/t18-,19?,20+/m1/s1. The van der Waals surface area contributed by atoms with Crippen molar-refractivity contribution in [3.63, 3.8) is 0 Å². The summed E-state index contributed by atoms with van der Waals surface area (Å²) >= 11 is 0. The van der Waals surface area contributed by atoms with Crippen LogP contribution in [0.4, 0.5) is 4.39 Å². The number of hydrogen-bond acceptors (Lipinski definition) is 3. The van der Waals surface area contributed by atoms with Gasteiger partial charge < -0.3 is 14.5 Å². The third-order valence-electron chi connectivity index (χ3n) is 6.45. The van der Waals surface area contributed by atoms with E-state index in [9.17, 15) is 14.0 Å². The molecule has 1 aliphatic heterocycles. The van der Waals surface area contributed by atoms with Gasteiger partial charge in [-0.05, 0) is 61.3 Å². The number of rotatable bonds is 5. The number of carbonyl (C=O) groups excluding carboxylic acids is 2. The molecule has 0 bridgehead atoms. The summed E-state index contributed by atoms with van der Waals surface area (Å²) in [4.78, 5) is 29.1. The highest BCUT2D eigenvalue weighted by Crippen LogP contribution is 2.40. The molecule has 2 fully saturated rings. The summed E-state index contributed by atoms with van der Waals surface area (Å²) in [5.41, 5.74) is 3.22. The fraction of sp³-hybridized carbons (Fsp3) is 0.636. The maximum absolute atomic E-state index is 13.8. The van der Waals surface area contributed by atoms with Crippen LogP contribution in [0.1, 0.15) is 40.7 Å². The minimum atomic E-state index is -0.632. The zero-order valence-corrected chi connectivity index (χ0v) is 16.5. The van der Waals surface area contributed by atoms with Gasteiger partial charge in [-0.25, -0.2) is 4.39 Å². The lowest BCUT2D eigenvalue weighted by molar-refractivity contribution is -0.135. The lowest BCUT2D eigenvalue weighted by Gasteiger charge is -2.40. The molecule has 1 saturated heterocycles. The molecule has 152 valence electrons. The summed E-state index contributed by atoms with van der Waals surface area (Å²) in [5.74, 6) is 0.257. The number of ether oxygens (including phenoxy) is 1. The maximum Gasteiger partial charge on any atom is 0.254 e. The lowest BCUT2D eigenvalue weighted by atomic mass is 9.90. The van der Waals surface area contributed by atoms with Crippen LogP contribution in [-0.2, 0) is 22.4 Å². The van der Waals surface area contributed by atoms with E-state index in [4.69, 9.17) is 4.74 Å². The van der Waals surface area contributed by atoms with Crippen LogP contribution >= 0.6 is 0 Å². The number of fused-ring (bicyclic) bond motifs is 1. The minimum absolute atomic E-state index is 0.00288. The van der Waals surface area contributed by atoms with Gasteiger partial charge in [0.1, 0.15) is 6.67 Å². The number of amides is 2. The molecular formula is C22H29FN2O3. The summed E-state index contributed by atoms with van der Waals surface area (Å²) < 4.78 is 18.9.